The molecule has 2 rings (SSSR count). The van der Waals surface area contributed by atoms with Crippen molar-refractivity contribution in [1.29, 1.82) is 0 Å². The second-order valence-electron chi connectivity index (χ2n) is 3.27. The summed E-state index contributed by atoms with van der Waals surface area (Å²) in [5, 5.41) is 0. The van der Waals surface area contributed by atoms with Gasteiger partial charge < -0.3 is 4.74 Å². The van der Waals surface area contributed by atoms with Crippen molar-refractivity contribution in [1.82, 2.24) is 0 Å². The molecular formula is C12H14O. The van der Waals surface area contributed by atoms with E-state index in [1.54, 1.807) is 0 Å². The van der Waals surface area contributed by atoms with E-state index in [9.17, 15) is 0 Å². The quantitative estimate of drug-likeness (QED) is 0.684. The van der Waals surface area contributed by atoms with Crippen LogP contribution >= 0.6 is 0 Å². The minimum Gasteiger partial charge on any atom is -0.373 e. The molecule has 0 N–H and O–H groups in total. The zero-order valence-electron chi connectivity index (χ0n) is 7.92. The molecule has 0 bridgehead atoms. The Morgan fingerprint density at radius 2 is 2.46 bits per heavy atom. The third-order valence-electron chi connectivity index (χ3n) is 2.55. The Balaban J connectivity index is 2.32. The first kappa shape index (κ1) is 8.52. The molecule has 0 spiro atoms. The molecule has 1 aliphatic rings. The first-order chi connectivity index (χ1) is 6.36. The van der Waals surface area contributed by atoms with Crippen molar-refractivity contribution in [3.63, 3.8) is 0 Å². The number of rotatable bonds is 3. The number of hydrogen-bond acceptors (Lipinski definition) is 1. The van der Waals surface area contributed by atoms with Gasteiger partial charge in [0.15, 0.2) is 0 Å². The Labute approximate surface area is 79.0 Å². The van der Waals surface area contributed by atoms with Gasteiger partial charge in [-0.1, -0.05) is 30.9 Å². The third-order valence-corrected chi connectivity index (χ3v) is 2.55. The van der Waals surface area contributed by atoms with Gasteiger partial charge in [0.2, 0.25) is 0 Å². The summed E-state index contributed by atoms with van der Waals surface area (Å²) in [6.45, 7) is 6.63. The van der Waals surface area contributed by atoms with Gasteiger partial charge in [-0.05, 0) is 23.6 Å². The van der Waals surface area contributed by atoms with Gasteiger partial charge in [0.1, 0.15) is 0 Å². The maximum Gasteiger partial charge on any atom is 0.0873 e. The Kier molecular flexibility index (Phi) is 2.19. The van der Waals surface area contributed by atoms with Gasteiger partial charge in [-0.3, -0.25) is 0 Å². The molecule has 0 saturated carbocycles. The van der Waals surface area contributed by atoms with Gasteiger partial charge in [-0.25, -0.2) is 0 Å². The molecule has 1 atom stereocenters. The highest BCUT2D eigenvalue weighted by Crippen LogP contribution is 2.38. The summed E-state index contributed by atoms with van der Waals surface area (Å²) >= 11 is 0. The summed E-state index contributed by atoms with van der Waals surface area (Å²) in [6.07, 6.45) is 3.28. The van der Waals surface area contributed by atoms with Crippen LogP contribution in [-0.2, 0) is 11.2 Å². The van der Waals surface area contributed by atoms with Crippen molar-refractivity contribution in [2.24, 2.45) is 0 Å². The predicted molar refractivity (Wildman–Crippen MR) is 54.6 cm³/mol. The second-order valence-corrected chi connectivity index (χ2v) is 3.27. The van der Waals surface area contributed by atoms with Gasteiger partial charge in [0, 0.05) is 13.0 Å². The molecule has 1 heteroatoms. The zero-order chi connectivity index (χ0) is 9.26. The number of hydrogen-bond donors (Lipinski definition) is 0. The molecule has 0 aliphatic heterocycles. The summed E-state index contributed by atoms with van der Waals surface area (Å²) in [5.41, 5.74) is 3.98. The molecule has 0 heterocycles. The summed E-state index contributed by atoms with van der Waals surface area (Å²) in [7, 11) is 0. The smallest absolute Gasteiger partial charge is 0.0873 e. The van der Waals surface area contributed by atoms with Crippen LogP contribution in [0.15, 0.2) is 24.8 Å². The lowest BCUT2D eigenvalue weighted by Gasteiger charge is -2.31. The largest absolute Gasteiger partial charge is 0.373 e. The highest BCUT2D eigenvalue weighted by atomic mass is 16.5. The van der Waals surface area contributed by atoms with E-state index >= 15 is 0 Å². The van der Waals surface area contributed by atoms with Gasteiger partial charge in [-0.2, -0.15) is 0 Å². The van der Waals surface area contributed by atoms with Crippen molar-refractivity contribution < 1.29 is 4.74 Å². The molecule has 1 aromatic carbocycles. The SMILES string of the molecule is C=Cc1cccc2c1C(OCC)C2. The standard InChI is InChI=1S/C12H14O/c1-3-9-6-5-7-10-8-11(12(9)10)13-4-2/h3,5-7,11H,1,4,8H2,2H3. The monoisotopic (exact) mass is 174 g/mol. The fourth-order valence-corrected chi connectivity index (χ4v) is 1.90. The minimum atomic E-state index is 0.314. The van der Waals surface area contributed by atoms with E-state index in [1.165, 1.54) is 16.7 Å². The van der Waals surface area contributed by atoms with E-state index in [-0.39, 0.29) is 0 Å². The predicted octanol–water partition coefficient (Wildman–Crippen LogP) is 2.96. The molecule has 68 valence electrons. The van der Waals surface area contributed by atoms with E-state index in [2.05, 4.69) is 24.8 Å². The Hall–Kier alpha value is -1.08. The molecule has 0 aromatic heterocycles. The fourth-order valence-electron chi connectivity index (χ4n) is 1.90. The van der Waals surface area contributed by atoms with Crippen LogP contribution in [0, 0.1) is 0 Å². The molecule has 1 aromatic rings. The first-order valence-corrected chi connectivity index (χ1v) is 4.72. The van der Waals surface area contributed by atoms with Gasteiger partial charge in [0.25, 0.3) is 0 Å². The molecule has 0 radical (unpaired) electrons. The summed E-state index contributed by atoms with van der Waals surface area (Å²) in [4.78, 5) is 0. The molecule has 1 nitrogen and oxygen atoms in total. The fraction of sp³-hybridized carbons (Fsp3) is 0.333. The van der Waals surface area contributed by atoms with E-state index < -0.39 is 0 Å². The molecule has 0 saturated heterocycles. The first-order valence-electron chi connectivity index (χ1n) is 4.72. The van der Waals surface area contributed by atoms with E-state index in [0.717, 1.165) is 13.0 Å². The van der Waals surface area contributed by atoms with Crippen molar-refractivity contribution in [3.8, 4) is 0 Å². The van der Waals surface area contributed by atoms with Crippen LogP contribution in [0.25, 0.3) is 6.08 Å². The van der Waals surface area contributed by atoms with Crippen LogP contribution in [0.4, 0.5) is 0 Å². The topological polar surface area (TPSA) is 9.23 Å². The molecule has 1 unspecified atom stereocenters. The summed E-state index contributed by atoms with van der Waals surface area (Å²) < 4.78 is 5.60. The molecule has 1 aliphatic carbocycles. The molecule has 0 amide bonds. The van der Waals surface area contributed by atoms with Gasteiger partial charge >= 0.3 is 0 Å². The van der Waals surface area contributed by atoms with Crippen LogP contribution in [0.2, 0.25) is 0 Å². The van der Waals surface area contributed by atoms with E-state index in [1.807, 2.05) is 13.0 Å². The van der Waals surface area contributed by atoms with Crippen LogP contribution in [-0.4, -0.2) is 6.61 Å². The van der Waals surface area contributed by atoms with Crippen LogP contribution in [0.3, 0.4) is 0 Å². The average Bonchev–Trinajstić information content (AvgIpc) is 2.13. The number of fused-ring (bicyclic) bond motifs is 1. The second kappa shape index (κ2) is 3.35. The minimum absolute atomic E-state index is 0.314. The molecule has 0 fully saturated rings. The van der Waals surface area contributed by atoms with Gasteiger partial charge in [-0.15, -0.1) is 0 Å². The van der Waals surface area contributed by atoms with E-state index in [4.69, 9.17) is 4.74 Å². The van der Waals surface area contributed by atoms with Crippen LogP contribution in [0.1, 0.15) is 29.7 Å². The van der Waals surface area contributed by atoms with Crippen LogP contribution in [0.5, 0.6) is 0 Å². The van der Waals surface area contributed by atoms with E-state index in [0.29, 0.717) is 6.10 Å². The van der Waals surface area contributed by atoms with Crippen molar-refractivity contribution in [2.75, 3.05) is 6.61 Å². The lowest BCUT2D eigenvalue weighted by Crippen LogP contribution is -2.21. The lowest BCUT2D eigenvalue weighted by atomic mass is 9.82. The number of benzene rings is 1. The normalized spacial score (nSPS) is 19.0. The highest BCUT2D eigenvalue weighted by Gasteiger charge is 2.27. The highest BCUT2D eigenvalue weighted by molar-refractivity contribution is 5.58. The Bertz CT molecular complexity index is 328. The summed E-state index contributed by atoms with van der Waals surface area (Å²) in [5.74, 6) is 0. The Morgan fingerprint density at radius 3 is 3.15 bits per heavy atom. The third kappa shape index (κ3) is 1.29. The lowest BCUT2D eigenvalue weighted by molar-refractivity contribution is 0.0461. The van der Waals surface area contributed by atoms with Gasteiger partial charge in [0.05, 0.1) is 6.10 Å². The maximum absolute atomic E-state index is 5.60. The van der Waals surface area contributed by atoms with Crippen molar-refractivity contribution in [3.05, 3.63) is 41.5 Å². The van der Waals surface area contributed by atoms with Crippen molar-refractivity contribution in [2.45, 2.75) is 19.4 Å². The summed E-state index contributed by atoms with van der Waals surface area (Å²) in [6, 6.07) is 6.34. The molecule has 13 heavy (non-hydrogen) atoms. The Morgan fingerprint density at radius 1 is 1.62 bits per heavy atom. The molecular weight excluding hydrogens is 160 g/mol. The number of ether oxygens (including phenoxy) is 1. The van der Waals surface area contributed by atoms with Crippen LogP contribution < -0.4 is 0 Å². The zero-order valence-corrected chi connectivity index (χ0v) is 7.92. The van der Waals surface area contributed by atoms with Crippen molar-refractivity contribution >= 4 is 6.08 Å². The maximum atomic E-state index is 5.60. The average molecular weight is 174 g/mol.